The highest BCUT2D eigenvalue weighted by molar-refractivity contribution is 6.15. The van der Waals surface area contributed by atoms with Crippen LogP contribution in [0.5, 0.6) is 0 Å². The first-order valence-corrected chi connectivity index (χ1v) is 14.4. The molecule has 0 unspecified atom stereocenters. The van der Waals surface area contributed by atoms with Crippen molar-refractivity contribution < 1.29 is 22.7 Å². The van der Waals surface area contributed by atoms with E-state index < -0.39 is 17.3 Å². The number of hydrogen-bond donors (Lipinski definition) is 1. The number of fused-ring (bicyclic) bond motifs is 3. The van der Waals surface area contributed by atoms with Crippen LogP contribution in [0.4, 0.5) is 23.8 Å². The number of nitrogens with zero attached hydrogens (tertiary/aromatic N) is 4. The Balaban J connectivity index is 0.00000207. The SMILES string of the molecule is CCl.Cc1c(CNc2nc3cc(C#N)cn3c3ccc(C4=CCN(C(=O)OC(C)(C)C)CC4)cc23)cccc1C(F)(F)F. The third kappa shape index (κ3) is 7.05. The van der Waals surface area contributed by atoms with Crippen LogP contribution in [0.25, 0.3) is 22.1 Å². The molecule has 3 heterocycles. The third-order valence-corrected chi connectivity index (χ3v) is 7.10. The zero-order valence-corrected chi connectivity index (χ0v) is 25.4. The number of nitrogens with one attached hydrogen (secondary N) is 1. The molecule has 0 bridgehead atoms. The van der Waals surface area contributed by atoms with Crippen molar-refractivity contribution in [3.8, 4) is 6.07 Å². The number of carbonyl (C=O) groups is 1. The molecular weight excluding hydrogens is 579 g/mol. The molecule has 1 N–H and O–H groups in total. The summed E-state index contributed by atoms with van der Waals surface area (Å²) in [6.45, 7) is 8.04. The second-order valence-corrected chi connectivity index (χ2v) is 11.1. The highest BCUT2D eigenvalue weighted by Gasteiger charge is 2.32. The Morgan fingerprint density at radius 2 is 1.91 bits per heavy atom. The van der Waals surface area contributed by atoms with Gasteiger partial charge in [-0.05, 0) is 74.6 Å². The first-order chi connectivity index (χ1) is 20.3. The van der Waals surface area contributed by atoms with E-state index in [4.69, 9.17) is 9.72 Å². The largest absolute Gasteiger partial charge is 0.444 e. The number of halogens is 4. The molecule has 5 rings (SSSR count). The van der Waals surface area contributed by atoms with Crippen LogP contribution in [0.15, 0.2) is 54.7 Å². The van der Waals surface area contributed by atoms with Crippen LogP contribution in [0, 0.1) is 18.3 Å². The average Bonchev–Trinajstić information content (AvgIpc) is 3.39. The number of aromatic nitrogens is 2. The van der Waals surface area contributed by atoms with E-state index in [0.29, 0.717) is 42.1 Å². The fourth-order valence-electron chi connectivity index (χ4n) is 5.02. The highest BCUT2D eigenvalue weighted by atomic mass is 35.5. The Hall–Kier alpha value is -4.23. The fourth-order valence-corrected chi connectivity index (χ4v) is 5.02. The number of anilines is 1. The zero-order chi connectivity index (χ0) is 31.5. The second kappa shape index (κ2) is 12.6. The predicted octanol–water partition coefficient (Wildman–Crippen LogP) is 8.18. The number of amides is 1. The summed E-state index contributed by atoms with van der Waals surface area (Å²) in [5.74, 6) is 0.501. The molecule has 0 saturated heterocycles. The predicted molar refractivity (Wildman–Crippen MR) is 163 cm³/mol. The normalized spacial score (nSPS) is 13.7. The number of alkyl halides is 4. The van der Waals surface area contributed by atoms with Gasteiger partial charge in [-0.3, -0.25) is 4.40 Å². The summed E-state index contributed by atoms with van der Waals surface area (Å²) in [5.41, 5.74) is 3.26. The van der Waals surface area contributed by atoms with Gasteiger partial charge in [-0.2, -0.15) is 18.4 Å². The molecule has 7 nitrogen and oxygen atoms in total. The standard InChI is InChI=1S/C31H30F3N5O2.CH3Cl/c1-19-23(6-5-7-25(19)31(32,33)34)17-36-28-24-15-22(8-9-26(24)39-18-20(16-35)14-27(39)37-28)21-10-12-38(13-11-21)29(40)41-30(2,3)4;1-2/h5-10,14-15,18H,11-13,17H2,1-4H3,(H,36,37);1H3. The summed E-state index contributed by atoms with van der Waals surface area (Å²) in [4.78, 5) is 18.9. The lowest BCUT2D eigenvalue weighted by molar-refractivity contribution is -0.138. The van der Waals surface area contributed by atoms with Crippen molar-refractivity contribution in [2.75, 3.05) is 24.8 Å². The van der Waals surface area contributed by atoms with E-state index in [0.717, 1.165) is 28.1 Å². The van der Waals surface area contributed by atoms with Crippen LogP contribution in [-0.4, -0.2) is 45.5 Å². The van der Waals surface area contributed by atoms with E-state index in [1.54, 1.807) is 23.2 Å². The number of nitriles is 1. The van der Waals surface area contributed by atoms with Crippen LogP contribution >= 0.6 is 11.6 Å². The molecule has 226 valence electrons. The minimum absolute atomic E-state index is 0.137. The molecule has 0 fully saturated rings. The Morgan fingerprint density at radius 3 is 2.53 bits per heavy atom. The van der Waals surface area contributed by atoms with E-state index in [9.17, 15) is 23.2 Å². The molecule has 0 spiro atoms. The summed E-state index contributed by atoms with van der Waals surface area (Å²) in [6.07, 6.45) is 1.03. The van der Waals surface area contributed by atoms with Crippen LogP contribution in [0.3, 0.4) is 0 Å². The molecule has 2 aromatic carbocycles. The summed E-state index contributed by atoms with van der Waals surface area (Å²) < 4.78 is 47.8. The maximum absolute atomic E-state index is 13.5. The molecule has 1 amide bonds. The number of hydrogen-bond acceptors (Lipinski definition) is 5. The highest BCUT2D eigenvalue weighted by Crippen LogP contribution is 2.34. The summed E-state index contributed by atoms with van der Waals surface area (Å²) in [5, 5.41) is 13.5. The van der Waals surface area contributed by atoms with Gasteiger partial charge in [-0.15, -0.1) is 11.6 Å². The van der Waals surface area contributed by atoms with Gasteiger partial charge in [0.15, 0.2) is 0 Å². The van der Waals surface area contributed by atoms with Gasteiger partial charge in [-0.1, -0.05) is 24.3 Å². The van der Waals surface area contributed by atoms with E-state index in [-0.39, 0.29) is 18.2 Å². The Labute approximate surface area is 253 Å². The zero-order valence-electron chi connectivity index (χ0n) is 24.6. The molecule has 4 aromatic rings. The summed E-state index contributed by atoms with van der Waals surface area (Å²) in [7, 11) is 0. The molecule has 0 atom stereocenters. The lowest BCUT2D eigenvalue weighted by atomic mass is 9.98. The van der Waals surface area contributed by atoms with E-state index in [2.05, 4.69) is 23.0 Å². The maximum atomic E-state index is 13.5. The minimum atomic E-state index is -4.44. The van der Waals surface area contributed by atoms with Crippen molar-refractivity contribution in [2.24, 2.45) is 0 Å². The van der Waals surface area contributed by atoms with Gasteiger partial charge in [0.2, 0.25) is 0 Å². The first-order valence-electron chi connectivity index (χ1n) is 13.6. The molecule has 0 radical (unpaired) electrons. The molecule has 43 heavy (non-hydrogen) atoms. The fraction of sp³-hybridized carbons (Fsp3) is 0.344. The quantitative estimate of drug-likeness (QED) is 0.235. The second-order valence-electron chi connectivity index (χ2n) is 11.1. The molecule has 11 heteroatoms. The van der Waals surface area contributed by atoms with Gasteiger partial charge in [0.1, 0.15) is 23.1 Å². The van der Waals surface area contributed by atoms with Gasteiger partial charge in [0.05, 0.1) is 16.6 Å². The van der Waals surface area contributed by atoms with Gasteiger partial charge in [0.25, 0.3) is 0 Å². The van der Waals surface area contributed by atoms with Crippen molar-refractivity contribution in [2.45, 2.75) is 52.4 Å². The number of benzene rings is 2. The topological polar surface area (TPSA) is 82.7 Å². The van der Waals surface area contributed by atoms with E-state index >= 15 is 0 Å². The lowest BCUT2D eigenvalue weighted by Crippen LogP contribution is -2.39. The number of ether oxygens (including phenoxy) is 1. The molecule has 0 aliphatic carbocycles. The Kier molecular flexibility index (Phi) is 9.26. The lowest BCUT2D eigenvalue weighted by Gasteiger charge is -2.29. The van der Waals surface area contributed by atoms with E-state index in [1.165, 1.54) is 19.4 Å². The van der Waals surface area contributed by atoms with Gasteiger partial charge < -0.3 is 15.0 Å². The molecule has 1 aliphatic heterocycles. The van der Waals surface area contributed by atoms with Crippen LogP contribution in [0.1, 0.15) is 55.0 Å². The minimum Gasteiger partial charge on any atom is -0.444 e. The number of carbonyl (C=O) groups excluding carboxylic acids is 1. The maximum Gasteiger partial charge on any atom is 0.416 e. The summed E-state index contributed by atoms with van der Waals surface area (Å²) >= 11 is 4.64. The summed E-state index contributed by atoms with van der Waals surface area (Å²) in [6, 6.07) is 13.9. The van der Waals surface area contributed by atoms with Gasteiger partial charge >= 0.3 is 12.3 Å². The number of rotatable bonds is 4. The first kappa shape index (κ1) is 31.7. The molecule has 1 aliphatic rings. The van der Waals surface area contributed by atoms with Gasteiger partial charge in [-0.25, -0.2) is 9.78 Å². The van der Waals surface area contributed by atoms with Crippen LogP contribution in [0.2, 0.25) is 0 Å². The monoisotopic (exact) mass is 611 g/mol. The Bertz CT molecular complexity index is 1730. The van der Waals surface area contributed by atoms with Crippen molar-refractivity contribution in [3.05, 3.63) is 82.6 Å². The van der Waals surface area contributed by atoms with Crippen molar-refractivity contribution >= 4 is 45.6 Å². The molecular formula is C32H33ClF3N5O2. The van der Waals surface area contributed by atoms with E-state index in [1.807, 2.05) is 49.4 Å². The average molecular weight is 612 g/mol. The molecule has 2 aromatic heterocycles. The third-order valence-electron chi connectivity index (χ3n) is 7.10. The smallest absolute Gasteiger partial charge is 0.416 e. The van der Waals surface area contributed by atoms with Crippen LogP contribution < -0.4 is 5.32 Å². The van der Waals surface area contributed by atoms with Gasteiger partial charge in [0, 0.05) is 43.7 Å². The molecule has 0 saturated carbocycles. The van der Waals surface area contributed by atoms with Crippen LogP contribution in [-0.2, 0) is 17.5 Å². The van der Waals surface area contributed by atoms with Crippen molar-refractivity contribution in [1.82, 2.24) is 14.3 Å². The van der Waals surface area contributed by atoms with Crippen molar-refractivity contribution in [1.29, 1.82) is 5.26 Å². The van der Waals surface area contributed by atoms with Crippen molar-refractivity contribution in [3.63, 3.8) is 0 Å². The Morgan fingerprint density at radius 1 is 1.16 bits per heavy atom.